The zero-order valence-corrected chi connectivity index (χ0v) is 6.04. The number of aryl methyl sites for hydroxylation is 1. The molecule has 0 saturated heterocycles. The first-order chi connectivity index (χ1) is 5.04. The lowest BCUT2D eigenvalue weighted by Crippen LogP contribution is -2.40. The average Bonchev–Trinajstić information content (AvgIpc) is 1.97. The number of hydrogen-bond donors (Lipinski definition) is 0. The summed E-state index contributed by atoms with van der Waals surface area (Å²) >= 11 is 0. The van der Waals surface area contributed by atoms with Gasteiger partial charge in [-0.25, -0.2) is 9.48 Å². The number of hydrogen-bond acceptors (Lipinski definition) is 3. The molecule has 1 rings (SSSR count). The molecule has 0 bridgehead atoms. The fourth-order valence-electron chi connectivity index (χ4n) is 0.660. The normalized spacial score (nSPS) is 10.1. The van der Waals surface area contributed by atoms with Gasteiger partial charge in [-0.3, -0.25) is 9.36 Å². The Morgan fingerprint density at radius 3 is 2.45 bits per heavy atom. The Bertz CT molecular complexity index is 357. The number of halogens is 1. The highest BCUT2D eigenvalue weighted by Crippen LogP contribution is 1.73. The quantitative estimate of drug-likeness (QED) is 0.468. The van der Waals surface area contributed by atoms with Crippen LogP contribution < -0.4 is 11.2 Å². The zero-order valence-electron chi connectivity index (χ0n) is 6.04. The van der Waals surface area contributed by atoms with E-state index < -0.39 is 17.2 Å². The summed E-state index contributed by atoms with van der Waals surface area (Å²) in [4.78, 5) is 21.5. The molecule has 0 unspecified atom stereocenters. The molecular formula is C5H6FN3O2. The van der Waals surface area contributed by atoms with E-state index in [0.717, 1.165) is 4.68 Å². The van der Waals surface area contributed by atoms with E-state index in [2.05, 4.69) is 5.10 Å². The highest BCUT2D eigenvalue weighted by atomic mass is 19.1. The molecular weight excluding hydrogens is 153 g/mol. The van der Waals surface area contributed by atoms with Crippen LogP contribution in [0.4, 0.5) is 4.39 Å². The molecule has 0 aliphatic rings. The second-order valence-electron chi connectivity index (χ2n) is 2.06. The van der Waals surface area contributed by atoms with Crippen LogP contribution in [0.2, 0.25) is 0 Å². The van der Waals surface area contributed by atoms with Crippen molar-refractivity contribution in [2.45, 2.75) is 0 Å². The SMILES string of the molecule is Cn1nc(F)c(=O)n(C)c1=O. The van der Waals surface area contributed by atoms with Crippen molar-refractivity contribution in [3.63, 3.8) is 0 Å². The van der Waals surface area contributed by atoms with Crippen molar-refractivity contribution in [3.05, 3.63) is 26.8 Å². The van der Waals surface area contributed by atoms with Crippen molar-refractivity contribution in [3.8, 4) is 0 Å². The monoisotopic (exact) mass is 159 g/mol. The van der Waals surface area contributed by atoms with E-state index in [-0.39, 0.29) is 0 Å². The minimum absolute atomic E-state index is 0.642. The van der Waals surface area contributed by atoms with Gasteiger partial charge < -0.3 is 0 Å². The Morgan fingerprint density at radius 2 is 1.91 bits per heavy atom. The lowest BCUT2D eigenvalue weighted by Gasteiger charge is -1.97. The average molecular weight is 159 g/mol. The second kappa shape index (κ2) is 2.30. The highest BCUT2D eigenvalue weighted by molar-refractivity contribution is 4.76. The molecule has 1 aromatic rings. The van der Waals surface area contributed by atoms with Crippen LogP contribution in [0.25, 0.3) is 0 Å². The Balaban J connectivity index is 3.74. The topological polar surface area (TPSA) is 56.9 Å². The summed E-state index contributed by atoms with van der Waals surface area (Å²) in [6, 6.07) is 0. The van der Waals surface area contributed by atoms with Gasteiger partial charge in [0.15, 0.2) is 0 Å². The molecule has 1 aromatic heterocycles. The maximum atomic E-state index is 12.4. The molecule has 0 atom stereocenters. The van der Waals surface area contributed by atoms with Gasteiger partial charge in [0.25, 0.3) is 5.95 Å². The number of aromatic nitrogens is 3. The van der Waals surface area contributed by atoms with Gasteiger partial charge in [0, 0.05) is 14.1 Å². The lowest BCUT2D eigenvalue weighted by molar-refractivity contribution is 0.462. The van der Waals surface area contributed by atoms with Gasteiger partial charge in [0.2, 0.25) is 0 Å². The Morgan fingerprint density at radius 1 is 1.36 bits per heavy atom. The molecule has 0 aliphatic heterocycles. The van der Waals surface area contributed by atoms with E-state index in [1.165, 1.54) is 14.1 Å². The number of nitrogens with zero attached hydrogens (tertiary/aromatic N) is 3. The first kappa shape index (κ1) is 7.64. The molecule has 0 aromatic carbocycles. The first-order valence-electron chi connectivity index (χ1n) is 2.84. The summed E-state index contributed by atoms with van der Waals surface area (Å²) in [6.45, 7) is 0. The van der Waals surface area contributed by atoms with Crippen molar-refractivity contribution < 1.29 is 4.39 Å². The molecule has 0 N–H and O–H groups in total. The third kappa shape index (κ3) is 1.06. The predicted molar refractivity (Wildman–Crippen MR) is 34.7 cm³/mol. The minimum Gasteiger partial charge on any atom is -0.264 e. The predicted octanol–water partition coefficient (Wildman–Crippen LogP) is -1.38. The molecule has 0 aliphatic carbocycles. The van der Waals surface area contributed by atoms with Crippen LogP contribution in [0.5, 0.6) is 0 Å². The van der Waals surface area contributed by atoms with Crippen molar-refractivity contribution in [1.29, 1.82) is 0 Å². The van der Waals surface area contributed by atoms with Crippen molar-refractivity contribution in [2.75, 3.05) is 0 Å². The van der Waals surface area contributed by atoms with Crippen LogP contribution in [0.3, 0.4) is 0 Å². The molecule has 5 nitrogen and oxygen atoms in total. The van der Waals surface area contributed by atoms with Gasteiger partial charge in [-0.15, -0.1) is 5.10 Å². The largest absolute Gasteiger partial charge is 0.347 e. The summed E-state index contributed by atoms with van der Waals surface area (Å²) in [5.41, 5.74) is -1.65. The van der Waals surface area contributed by atoms with Gasteiger partial charge in [-0.1, -0.05) is 0 Å². The molecule has 0 radical (unpaired) electrons. The number of rotatable bonds is 0. The highest BCUT2D eigenvalue weighted by Gasteiger charge is 2.05. The van der Waals surface area contributed by atoms with Gasteiger partial charge in [-0.2, -0.15) is 4.39 Å². The molecule has 60 valence electrons. The van der Waals surface area contributed by atoms with E-state index >= 15 is 0 Å². The fraction of sp³-hybridized carbons (Fsp3) is 0.400. The molecule has 11 heavy (non-hydrogen) atoms. The van der Waals surface area contributed by atoms with Gasteiger partial charge in [0.05, 0.1) is 0 Å². The van der Waals surface area contributed by atoms with Crippen LogP contribution in [-0.2, 0) is 14.1 Å². The zero-order chi connectivity index (χ0) is 8.59. The van der Waals surface area contributed by atoms with Crippen molar-refractivity contribution in [2.24, 2.45) is 14.1 Å². The molecule has 0 saturated carbocycles. The van der Waals surface area contributed by atoms with Gasteiger partial charge in [0.1, 0.15) is 0 Å². The smallest absolute Gasteiger partial charge is 0.264 e. The third-order valence-corrected chi connectivity index (χ3v) is 1.28. The van der Waals surface area contributed by atoms with E-state index in [9.17, 15) is 14.0 Å². The van der Waals surface area contributed by atoms with E-state index in [1.54, 1.807) is 0 Å². The van der Waals surface area contributed by atoms with E-state index in [4.69, 9.17) is 0 Å². The van der Waals surface area contributed by atoms with Gasteiger partial charge >= 0.3 is 11.2 Å². The van der Waals surface area contributed by atoms with Crippen LogP contribution in [0.15, 0.2) is 9.59 Å². The van der Waals surface area contributed by atoms with E-state index in [0.29, 0.717) is 4.57 Å². The molecule has 6 heteroatoms. The lowest BCUT2D eigenvalue weighted by atomic mass is 10.7. The fourth-order valence-corrected chi connectivity index (χ4v) is 0.660. The molecule has 0 amide bonds. The van der Waals surface area contributed by atoms with Crippen molar-refractivity contribution in [1.82, 2.24) is 14.3 Å². The van der Waals surface area contributed by atoms with Crippen LogP contribution in [0.1, 0.15) is 0 Å². The first-order valence-corrected chi connectivity index (χ1v) is 2.84. The summed E-state index contributed by atoms with van der Waals surface area (Å²) < 4.78 is 13.8. The summed E-state index contributed by atoms with van der Waals surface area (Å²) in [5, 5.41) is 3.04. The third-order valence-electron chi connectivity index (χ3n) is 1.28. The summed E-state index contributed by atoms with van der Waals surface area (Å²) in [5.74, 6) is -1.17. The standard InChI is InChI=1S/C5H6FN3O2/c1-8-4(10)3(6)7-9(2)5(8)11/h1-2H3. The minimum atomic E-state index is -1.17. The Hall–Kier alpha value is -1.46. The van der Waals surface area contributed by atoms with Crippen molar-refractivity contribution >= 4 is 0 Å². The Kier molecular flexibility index (Phi) is 1.60. The molecule has 0 spiro atoms. The van der Waals surface area contributed by atoms with Crippen LogP contribution >= 0.6 is 0 Å². The molecule has 0 fully saturated rings. The maximum Gasteiger partial charge on any atom is 0.347 e. The van der Waals surface area contributed by atoms with Gasteiger partial charge in [-0.05, 0) is 0 Å². The van der Waals surface area contributed by atoms with Crippen LogP contribution in [-0.4, -0.2) is 14.3 Å². The van der Waals surface area contributed by atoms with Crippen LogP contribution in [0, 0.1) is 5.95 Å². The summed E-state index contributed by atoms with van der Waals surface area (Å²) in [7, 11) is 2.46. The second-order valence-corrected chi connectivity index (χ2v) is 2.06. The van der Waals surface area contributed by atoms with E-state index in [1.807, 2.05) is 0 Å². The molecule has 1 heterocycles. The maximum absolute atomic E-state index is 12.4. The summed E-state index contributed by atoms with van der Waals surface area (Å²) in [6.07, 6.45) is 0. The Labute approximate surface area is 60.7 Å².